The van der Waals surface area contributed by atoms with Crippen LogP contribution in [0.25, 0.3) is 0 Å². The Morgan fingerprint density at radius 2 is 1.84 bits per heavy atom. The molecule has 31 heavy (non-hydrogen) atoms. The lowest BCUT2D eigenvalue weighted by Gasteiger charge is -2.32. The molecule has 0 atom stereocenters. The molecule has 0 spiro atoms. The zero-order chi connectivity index (χ0) is 22.2. The third-order valence-corrected chi connectivity index (χ3v) is 5.42. The number of ether oxygens (including phenoxy) is 2. The Balaban J connectivity index is 1.42. The zero-order valence-corrected chi connectivity index (χ0v) is 18.0. The second kappa shape index (κ2) is 10.8. The fraction of sp³-hybridized carbons (Fsp3) is 0.417. The number of hydrogen-bond acceptors (Lipinski definition) is 4. The van der Waals surface area contributed by atoms with Crippen LogP contribution in [0, 0.1) is 5.82 Å². The van der Waals surface area contributed by atoms with Crippen LogP contribution in [0.15, 0.2) is 42.5 Å². The van der Waals surface area contributed by atoms with Gasteiger partial charge in [0, 0.05) is 31.1 Å². The van der Waals surface area contributed by atoms with Gasteiger partial charge in [0.1, 0.15) is 5.75 Å². The average molecular weight is 429 g/mol. The number of methoxy groups -OCH3 is 1. The Morgan fingerprint density at radius 1 is 1.13 bits per heavy atom. The molecule has 6 nitrogen and oxygen atoms in total. The van der Waals surface area contributed by atoms with Crippen molar-refractivity contribution < 1.29 is 23.5 Å². The normalized spacial score (nSPS) is 14.2. The van der Waals surface area contributed by atoms with E-state index in [-0.39, 0.29) is 30.0 Å². The Morgan fingerprint density at radius 3 is 2.45 bits per heavy atom. The quantitative estimate of drug-likeness (QED) is 0.698. The van der Waals surface area contributed by atoms with E-state index in [9.17, 15) is 14.0 Å². The summed E-state index contributed by atoms with van der Waals surface area (Å²) >= 11 is 0. The first kappa shape index (κ1) is 22.6. The van der Waals surface area contributed by atoms with Crippen LogP contribution in [-0.4, -0.2) is 49.6 Å². The first-order valence-corrected chi connectivity index (χ1v) is 10.6. The number of nitrogens with one attached hydrogen (secondary N) is 1. The molecule has 0 unspecified atom stereocenters. The lowest BCUT2D eigenvalue weighted by Crippen LogP contribution is -2.46. The topological polar surface area (TPSA) is 67.9 Å². The molecule has 1 heterocycles. The van der Waals surface area contributed by atoms with Crippen molar-refractivity contribution in [2.45, 2.75) is 38.6 Å². The summed E-state index contributed by atoms with van der Waals surface area (Å²) in [5.74, 6) is 0.449. The summed E-state index contributed by atoms with van der Waals surface area (Å²) in [6.07, 6.45) is 2.18. The smallest absolute Gasteiger partial charge is 0.253 e. The molecule has 2 aromatic carbocycles. The second-order valence-electron chi connectivity index (χ2n) is 7.56. The van der Waals surface area contributed by atoms with E-state index >= 15 is 0 Å². The van der Waals surface area contributed by atoms with Gasteiger partial charge in [0.15, 0.2) is 11.6 Å². The summed E-state index contributed by atoms with van der Waals surface area (Å²) in [6.45, 7) is 3.70. The van der Waals surface area contributed by atoms with Crippen LogP contribution in [0.3, 0.4) is 0 Å². The third-order valence-electron chi connectivity index (χ3n) is 5.42. The van der Waals surface area contributed by atoms with Crippen LogP contribution in [0.1, 0.15) is 42.1 Å². The number of halogens is 1. The molecule has 0 aromatic heterocycles. The van der Waals surface area contributed by atoms with Gasteiger partial charge in [-0.1, -0.05) is 6.07 Å². The monoisotopic (exact) mass is 428 g/mol. The van der Waals surface area contributed by atoms with E-state index in [2.05, 4.69) is 5.32 Å². The van der Waals surface area contributed by atoms with E-state index in [1.54, 1.807) is 36.4 Å². The fourth-order valence-electron chi connectivity index (χ4n) is 3.69. The highest BCUT2D eigenvalue weighted by molar-refractivity contribution is 5.94. The number of aryl methyl sites for hydroxylation is 1. The van der Waals surface area contributed by atoms with Crippen LogP contribution in [-0.2, 0) is 11.2 Å². The molecular weight excluding hydrogens is 399 g/mol. The van der Waals surface area contributed by atoms with Crippen LogP contribution in [0.4, 0.5) is 4.39 Å². The van der Waals surface area contributed by atoms with Crippen molar-refractivity contribution in [3.8, 4) is 11.5 Å². The van der Waals surface area contributed by atoms with Crippen LogP contribution >= 0.6 is 0 Å². The van der Waals surface area contributed by atoms with Crippen molar-refractivity contribution in [2.24, 2.45) is 0 Å². The number of rotatable bonds is 8. The molecule has 2 aromatic rings. The zero-order valence-electron chi connectivity index (χ0n) is 18.0. The van der Waals surface area contributed by atoms with E-state index in [0.717, 1.165) is 11.3 Å². The Hall–Kier alpha value is -3.09. The summed E-state index contributed by atoms with van der Waals surface area (Å²) < 4.78 is 24.1. The molecule has 0 bridgehead atoms. The Bertz CT molecular complexity index is 893. The fourth-order valence-corrected chi connectivity index (χ4v) is 3.69. The molecule has 0 saturated carbocycles. The minimum Gasteiger partial charge on any atom is -0.494 e. The van der Waals surface area contributed by atoms with Crippen LogP contribution in [0.2, 0.25) is 0 Å². The summed E-state index contributed by atoms with van der Waals surface area (Å²) in [5.41, 5.74) is 1.39. The van der Waals surface area contributed by atoms with Crippen molar-refractivity contribution >= 4 is 11.8 Å². The molecule has 0 aliphatic carbocycles. The molecule has 2 amide bonds. The van der Waals surface area contributed by atoms with Crippen molar-refractivity contribution in [1.82, 2.24) is 10.2 Å². The third kappa shape index (κ3) is 6.20. The predicted molar refractivity (Wildman–Crippen MR) is 116 cm³/mol. The number of benzene rings is 2. The van der Waals surface area contributed by atoms with Gasteiger partial charge >= 0.3 is 0 Å². The first-order chi connectivity index (χ1) is 15.0. The maximum atomic E-state index is 13.8. The van der Waals surface area contributed by atoms with Gasteiger partial charge in [-0.05, 0) is 68.1 Å². The van der Waals surface area contributed by atoms with E-state index in [1.807, 2.05) is 11.8 Å². The van der Waals surface area contributed by atoms with Crippen molar-refractivity contribution in [3.63, 3.8) is 0 Å². The predicted octanol–water partition coefficient (Wildman–Crippen LogP) is 3.59. The maximum absolute atomic E-state index is 13.8. The van der Waals surface area contributed by atoms with Crippen LogP contribution < -0.4 is 14.8 Å². The summed E-state index contributed by atoms with van der Waals surface area (Å²) in [5, 5.41) is 3.04. The maximum Gasteiger partial charge on any atom is 0.253 e. The van der Waals surface area contributed by atoms with Gasteiger partial charge in [-0.25, -0.2) is 4.39 Å². The second-order valence-corrected chi connectivity index (χ2v) is 7.56. The highest BCUT2D eigenvalue weighted by Gasteiger charge is 2.24. The number of carbonyl (C=O) groups is 2. The first-order valence-electron chi connectivity index (χ1n) is 10.6. The number of carbonyl (C=O) groups excluding carboxylic acids is 2. The molecule has 3 rings (SSSR count). The van der Waals surface area contributed by atoms with Gasteiger partial charge in [-0.2, -0.15) is 0 Å². The molecule has 166 valence electrons. The average Bonchev–Trinajstić information content (AvgIpc) is 2.78. The molecule has 1 N–H and O–H groups in total. The Kier molecular flexibility index (Phi) is 7.87. The highest BCUT2D eigenvalue weighted by atomic mass is 19.1. The lowest BCUT2D eigenvalue weighted by molar-refractivity contribution is -0.122. The molecule has 1 aliphatic rings. The van der Waals surface area contributed by atoms with E-state index in [0.29, 0.717) is 44.5 Å². The summed E-state index contributed by atoms with van der Waals surface area (Å²) in [7, 11) is 1.42. The number of likely N-dealkylation sites (tertiary alicyclic amines) is 1. The summed E-state index contributed by atoms with van der Waals surface area (Å²) in [4.78, 5) is 26.8. The number of nitrogens with zero attached hydrogens (tertiary/aromatic N) is 1. The standard InChI is InChI=1S/C24H29FN2O4/c1-3-31-20-8-6-18(7-9-20)24(29)27-14-12-19(13-15-27)26-23(28)11-5-17-4-10-22(30-2)21(25)16-17/h4,6-10,16,19H,3,5,11-15H2,1-2H3,(H,26,28). The minimum atomic E-state index is -0.426. The summed E-state index contributed by atoms with van der Waals surface area (Å²) in [6, 6.07) is 11.9. The molecular formula is C24H29FN2O4. The molecule has 1 aliphatic heterocycles. The lowest BCUT2D eigenvalue weighted by atomic mass is 10.0. The largest absolute Gasteiger partial charge is 0.494 e. The van der Waals surface area contributed by atoms with Gasteiger partial charge < -0.3 is 19.7 Å². The molecule has 7 heteroatoms. The highest BCUT2D eigenvalue weighted by Crippen LogP contribution is 2.19. The molecule has 1 saturated heterocycles. The van der Waals surface area contributed by atoms with Crippen molar-refractivity contribution in [1.29, 1.82) is 0 Å². The van der Waals surface area contributed by atoms with Crippen molar-refractivity contribution in [3.05, 3.63) is 59.4 Å². The van der Waals surface area contributed by atoms with Gasteiger partial charge in [0.25, 0.3) is 5.91 Å². The SMILES string of the molecule is CCOc1ccc(C(=O)N2CCC(NC(=O)CCc3ccc(OC)c(F)c3)CC2)cc1. The van der Waals surface area contributed by atoms with E-state index in [4.69, 9.17) is 9.47 Å². The minimum absolute atomic E-state index is 0.00522. The number of piperidine rings is 1. The van der Waals surface area contributed by atoms with Gasteiger partial charge in [0.05, 0.1) is 13.7 Å². The van der Waals surface area contributed by atoms with Crippen LogP contribution in [0.5, 0.6) is 11.5 Å². The van der Waals surface area contributed by atoms with Gasteiger partial charge in [-0.15, -0.1) is 0 Å². The number of hydrogen-bond donors (Lipinski definition) is 1. The van der Waals surface area contributed by atoms with Gasteiger partial charge in [-0.3, -0.25) is 9.59 Å². The Labute approximate surface area is 182 Å². The molecule has 1 fully saturated rings. The van der Waals surface area contributed by atoms with Crippen molar-refractivity contribution in [2.75, 3.05) is 26.8 Å². The number of amides is 2. The van der Waals surface area contributed by atoms with Gasteiger partial charge in [0.2, 0.25) is 5.91 Å². The van der Waals surface area contributed by atoms with E-state index < -0.39 is 5.82 Å². The van der Waals surface area contributed by atoms with E-state index in [1.165, 1.54) is 13.2 Å². The molecule has 0 radical (unpaired) electrons.